The zero-order chi connectivity index (χ0) is 20.1. The van der Waals surface area contributed by atoms with E-state index in [1.165, 1.54) is 6.42 Å². The molecule has 4 unspecified atom stereocenters. The van der Waals surface area contributed by atoms with E-state index in [9.17, 15) is 0 Å². The predicted octanol–water partition coefficient (Wildman–Crippen LogP) is 2.18. The van der Waals surface area contributed by atoms with Gasteiger partial charge in [0, 0.05) is 6.54 Å². The molecule has 0 saturated carbocycles. The Morgan fingerprint density at radius 2 is 2.04 bits per heavy atom. The van der Waals surface area contributed by atoms with Gasteiger partial charge in [-0.25, -0.2) is 0 Å². The molecule has 4 atom stereocenters. The van der Waals surface area contributed by atoms with E-state index in [0.717, 1.165) is 42.4 Å². The van der Waals surface area contributed by atoms with Crippen molar-refractivity contribution in [2.24, 2.45) is 4.99 Å². The van der Waals surface area contributed by atoms with Crippen LogP contribution in [-0.4, -0.2) is 70.5 Å². The molecule has 28 heavy (non-hydrogen) atoms. The van der Waals surface area contributed by atoms with Gasteiger partial charge in [-0.05, 0) is 58.0 Å². The molecule has 0 aliphatic carbocycles. The number of aliphatic imine (C=N–C) groups is 1. The summed E-state index contributed by atoms with van der Waals surface area (Å²) in [6.45, 7) is 3.56. The Bertz CT molecular complexity index is 680. The number of nitrogens with one attached hydrogen (secondary N) is 2. The van der Waals surface area contributed by atoms with E-state index in [0.29, 0.717) is 24.8 Å². The molecule has 7 heteroatoms. The highest BCUT2D eigenvalue weighted by Gasteiger charge is 2.41. The maximum atomic E-state index is 5.97. The third-order valence-electron chi connectivity index (χ3n) is 5.61. The second-order valence-corrected chi connectivity index (χ2v) is 7.67. The number of methoxy groups -OCH3 is 2. The molecule has 2 fully saturated rings. The Labute approximate surface area is 168 Å². The quantitative estimate of drug-likeness (QED) is 0.524. The molecule has 2 heterocycles. The first kappa shape index (κ1) is 20.7. The van der Waals surface area contributed by atoms with Gasteiger partial charge in [0.05, 0.1) is 45.1 Å². The van der Waals surface area contributed by atoms with Crippen LogP contribution in [0.3, 0.4) is 0 Å². The first-order valence-corrected chi connectivity index (χ1v) is 10.1. The fourth-order valence-corrected chi connectivity index (χ4v) is 4.09. The smallest absolute Gasteiger partial charge is 0.191 e. The molecule has 0 radical (unpaired) electrons. The molecule has 156 valence electrons. The van der Waals surface area contributed by atoms with Crippen molar-refractivity contribution >= 4 is 5.96 Å². The lowest BCUT2D eigenvalue weighted by Gasteiger charge is -2.26. The lowest BCUT2D eigenvalue weighted by molar-refractivity contribution is 0.0992. The van der Waals surface area contributed by atoms with Gasteiger partial charge in [-0.1, -0.05) is 6.07 Å². The van der Waals surface area contributed by atoms with Crippen LogP contribution in [0.1, 0.15) is 37.8 Å². The Morgan fingerprint density at radius 3 is 2.61 bits per heavy atom. The zero-order valence-electron chi connectivity index (χ0n) is 17.7. The number of ether oxygens (including phenoxy) is 3. The second-order valence-electron chi connectivity index (χ2n) is 7.67. The van der Waals surface area contributed by atoms with E-state index in [2.05, 4.69) is 42.6 Å². The summed E-state index contributed by atoms with van der Waals surface area (Å²) >= 11 is 0. The Balaban J connectivity index is 1.72. The number of fused-ring (bicyclic) bond motifs is 2. The van der Waals surface area contributed by atoms with Gasteiger partial charge in [0.25, 0.3) is 0 Å². The highest BCUT2D eigenvalue weighted by molar-refractivity contribution is 5.80. The molecule has 7 nitrogen and oxygen atoms in total. The number of rotatable bonds is 8. The number of likely N-dealkylation sites (N-methyl/N-ethyl adjacent to an activating group) is 1. The molecule has 3 rings (SSSR count). The zero-order valence-corrected chi connectivity index (χ0v) is 17.7. The number of benzene rings is 1. The Hall–Kier alpha value is -1.99. The average molecular weight is 391 g/mol. The third kappa shape index (κ3) is 4.70. The molecule has 1 aromatic carbocycles. The second kappa shape index (κ2) is 9.47. The van der Waals surface area contributed by atoms with Crippen LogP contribution in [0.25, 0.3) is 0 Å². The molecule has 2 aliphatic heterocycles. The van der Waals surface area contributed by atoms with Crippen molar-refractivity contribution in [3.63, 3.8) is 0 Å². The van der Waals surface area contributed by atoms with Crippen LogP contribution >= 0.6 is 0 Å². The molecule has 2 N–H and O–H groups in total. The summed E-state index contributed by atoms with van der Waals surface area (Å²) < 4.78 is 16.8. The van der Waals surface area contributed by atoms with Gasteiger partial charge in [-0.3, -0.25) is 4.99 Å². The molecule has 2 aliphatic rings. The molecule has 0 aromatic heterocycles. The molecule has 2 saturated heterocycles. The summed E-state index contributed by atoms with van der Waals surface area (Å²) in [6, 6.07) is 6.54. The summed E-state index contributed by atoms with van der Waals surface area (Å²) in [5.74, 6) is 2.33. The van der Waals surface area contributed by atoms with Crippen LogP contribution < -0.4 is 20.1 Å². The van der Waals surface area contributed by atoms with E-state index >= 15 is 0 Å². The summed E-state index contributed by atoms with van der Waals surface area (Å²) in [6.07, 6.45) is 4.16. The van der Waals surface area contributed by atoms with Crippen molar-refractivity contribution in [1.29, 1.82) is 0 Å². The van der Waals surface area contributed by atoms with Crippen LogP contribution in [0.5, 0.6) is 11.5 Å². The van der Waals surface area contributed by atoms with Crippen LogP contribution in [0.2, 0.25) is 0 Å². The minimum atomic E-state index is 0.131. The Kier molecular flexibility index (Phi) is 7.02. The summed E-state index contributed by atoms with van der Waals surface area (Å²) in [7, 11) is 7.45. The average Bonchev–Trinajstić information content (AvgIpc) is 3.31. The van der Waals surface area contributed by atoms with Crippen molar-refractivity contribution < 1.29 is 14.2 Å². The molecule has 2 bridgehead atoms. The van der Waals surface area contributed by atoms with Gasteiger partial charge in [-0.2, -0.15) is 0 Å². The Morgan fingerprint density at radius 1 is 1.25 bits per heavy atom. The summed E-state index contributed by atoms with van der Waals surface area (Å²) in [4.78, 5) is 7.06. The van der Waals surface area contributed by atoms with Gasteiger partial charge in [0.15, 0.2) is 17.5 Å². The lowest BCUT2D eigenvalue weighted by atomic mass is 9.96. The van der Waals surface area contributed by atoms with Crippen LogP contribution in [0, 0.1) is 0 Å². The molecular formula is C21H34N4O3. The van der Waals surface area contributed by atoms with Crippen LogP contribution in [0.15, 0.2) is 23.2 Å². The minimum absolute atomic E-state index is 0.131. The topological polar surface area (TPSA) is 67.4 Å². The summed E-state index contributed by atoms with van der Waals surface area (Å²) in [5.41, 5.74) is 1.14. The SMILES string of the molecule is CCNC(=NCC(c1ccc(OC)c(OC)c1)N(C)C)NC1CC2CCC1O2. The highest BCUT2D eigenvalue weighted by atomic mass is 16.5. The van der Waals surface area contributed by atoms with E-state index in [-0.39, 0.29) is 6.04 Å². The first-order chi connectivity index (χ1) is 13.5. The maximum absolute atomic E-state index is 5.97. The standard InChI is InChI=1S/C21H34N4O3/c1-6-22-21(24-16-12-15-8-10-18(16)28-15)23-13-17(25(2)3)14-7-9-19(26-4)20(11-14)27-5/h7,9,11,15-18H,6,8,10,12-13H2,1-5H3,(H2,22,23,24). The van der Waals surface area contributed by atoms with Gasteiger partial charge in [0.2, 0.25) is 0 Å². The van der Waals surface area contributed by atoms with Crippen molar-refractivity contribution in [2.75, 3.05) is 41.4 Å². The molecule has 0 amide bonds. The van der Waals surface area contributed by atoms with Crippen molar-refractivity contribution in [3.05, 3.63) is 23.8 Å². The first-order valence-electron chi connectivity index (χ1n) is 10.1. The maximum Gasteiger partial charge on any atom is 0.191 e. The number of nitrogens with zero attached hydrogens (tertiary/aromatic N) is 2. The fraction of sp³-hybridized carbons (Fsp3) is 0.667. The molecular weight excluding hydrogens is 356 g/mol. The van der Waals surface area contributed by atoms with Gasteiger partial charge >= 0.3 is 0 Å². The van der Waals surface area contributed by atoms with Gasteiger partial charge < -0.3 is 29.7 Å². The van der Waals surface area contributed by atoms with Crippen molar-refractivity contribution in [1.82, 2.24) is 15.5 Å². The van der Waals surface area contributed by atoms with Crippen molar-refractivity contribution in [3.8, 4) is 11.5 Å². The normalized spacial score (nSPS) is 25.1. The summed E-state index contributed by atoms with van der Waals surface area (Å²) in [5, 5.41) is 6.96. The highest BCUT2D eigenvalue weighted by Crippen LogP contribution is 2.34. The van der Waals surface area contributed by atoms with Crippen molar-refractivity contribution in [2.45, 2.75) is 50.5 Å². The van der Waals surface area contributed by atoms with Crippen LogP contribution in [-0.2, 0) is 4.74 Å². The van der Waals surface area contributed by atoms with E-state index in [1.807, 2.05) is 12.1 Å². The molecule has 1 aromatic rings. The monoisotopic (exact) mass is 390 g/mol. The largest absolute Gasteiger partial charge is 0.493 e. The number of hydrogen-bond donors (Lipinski definition) is 2. The number of guanidine groups is 1. The van der Waals surface area contributed by atoms with Gasteiger partial charge in [-0.15, -0.1) is 0 Å². The lowest BCUT2D eigenvalue weighted by Crippen LogP contribution is -2.47. The molecule has 0 spiro atoms. The van der Waals surface area contributed by atoms with E-state index < -0.39 is 0 Å². The van der Waals surface area contributed by atoms with Gasteiger partial charge in [0.1, 0.15) is 0 Å². The minimum Gasteiger partial charge on any atom is -0.493 e. The number of hydrogen-bond acceptors (Lipinski definition) is 5. The predicted molar refractivity (Wildman–Crippen MR) is 111 cm³/mol. The third-order valence-corrected chi connectivity index (χ3v) is 5.61. The fourth-order valence-electron chi connectivity index (χ4n) is 4.09. The van der Waals surface area contributed by atoms with Crippen LogP contribution in [0.4, 0.5) is 0 Å². The van der Waals surface area contributed by atoms with E-state index in [4.69, 9.17) is 19.2 Å². The van der Waals surface area contributed by atoms with E-state index in [1.54, 1.807) is 14.2 Å².